The van der Waals surface area contributed by atoms with Crippen molar-refractivity contribution >= 4 is 5.97 Å². The third kappa shape index (κ3) is 3.92. The van der Waals surface area contributed by atoms with Crippen LogP contribution in [0.4, 0.5) is 0 Å². The molecule has 0 saturated carbocycles. The fraction of sp³-hybridized carbons (Fsp3) is 0.200. The van der Waals surface area contributed by atoms with E-state index in [0.717, 1.165) is 5.56 Å². The second-order valence-electron chi connectivity index (χ2n) is 5.70. The molecule has 134 valence electrons. The van der Waals surface area contributed by atoms with E-state index in [0.29, 0.717) is 28.7 Å². The Labute approximate surface area is 151 Å². The van der Waals surface area contributed by atoms with Gasteiger partial charge in [-0.15, -0.1) is 0 Å². The highest BCUT2D eigenvalue weighted by Gasteiger charge is 2.18. The molecule has 3 aromatic rings. The van der Waals surface area contributed by atoms with Crippen LogP contribution in [0.25, 0.3) is 11.5 Å². The second kappa shape index (κ2) is 7.84. The van der Waals surface area contributed by atoms with Crippen molar-refractivity contribution in [2.45, 2.75) is 19.6 Å². The summed E-state index contributed by atoms with van der Waals surface area (Å²) in [6.45, 7) is 2.10. The van der Waals surface area contributed by atoms with Gasteiger partial charge >= 0.3 is 5.97 Å². The molecule has 3 rings (SSSR count). The predicted octanol–water partition coefficient (Wildman–Crippen LogP) is 4.00. The first-order valence-electron chi connectivity index (χ1n) is 8.08. The first kappa shape index (κ1) is 17.7. The summed E-state index contributed by atoms with van der Waals surface area (Å²) >= 11 is 0. The fourth-order valence-electron chi connectivity index (χ4n) is 2.54. The van der Waals surface area contributed by atoms with Crippen LogP contribution in [0, 0.1) is 6.92 Å². The highest BCUT2D eigenvalue weighted by atomic mass is 16.5. The van der Waals surface area contributed by atoms with E-state index in [9.17, 15) is 4.79 Å². The molecule has 0 fully saturated rings. The monoisotopic (exact) mass is 353 g/mol. The van der Waals surface area contributed by atoms with Crippen molar-refractivity contribution < 1.29 is 23.8 Å². The maximum atomic E-state index is 11.1. The van der Waals surface area contributed by atoms with Gasteiger partial charge in [-0.2, -0.15) is 0 Å². The molecule has 0 aliphatic rings. The van der Waals surface area contributed by atoms with Crippen molar-refractivity contribution in [3.05, 3.63) is 71.6 Å². The van der Waals surface area contributed by atoms with Crippen LogP contribution in [0.1, 0.15) is 23.1 Å². The Balaban J connectivity index is 1.68. The number of hydrogen-bond acceptors (Lipinski definition) is 5. The number of aromatic nitrogens is 1. The van der Waals surface area contributed by atoms with Gasteiger partial charge in [0.15, 0.2) is 6.10 Å². The minimum atomic E-state index is -1.03. The topological polar surface area (TPSA) is 81.8 Å². The number of oxazole rings is 1. The van der Waals surface area contributed by atoms with Crippen LogP contribution < -0.4 is 4.74 Å². The summed E-state index contributed by atoms with van der Waals surface area (Å²) in [4.78, 5) is 15.6. The van der Waals surface area contributed by atoms with E-state index in [1.807, 2.05) is 37.3 Å². The van der Waals surface area contributed by atoms with Gasteiger partial charge in [0, 0.05) is 12.7 Å². The molecule has 1 aromatic heterocycles. The maximum Gasteiger partial charge on any atom is 0.337 e. The van der Waals surface area contributed by atoms with E-state index in [4.69, 9.17) is 19.0 Å². The van der Waals surface area contributed by atoms with Gasteiger partial charge in [0.1, 0.15) is 23.8 Å². The number of carbonyl (C=O) groups is 1. The van der Waals surface area contributed by atoms with Gasteiger partial charge in [-0.1, -0.05) is 30.3 Å². The molecule has 26 heavy (non-hydrogen) atoms. The molecule has 0 radical (unpaired) electrons. The lowest BCUT2D eigenvalue weighted by molar-refractivity contribution is -0.148. The summed E-state index contributed by atoms with van der Waals surface area (Å²) in [5.41, 5.74) is 2.18. The number of ether oxygens (including phenoxy) is 2. The van der Waals surface area contributed by atoms with Gasteiger partial charge in [0.25, 0.3) is 0 Å². The standard InChI is InChI=1S/C20H19NO5/c1-13-17(21-19(26-13)15-6-4-3-5-7-15)12-25-16-10-8-14(9-11-16)18(24-2)20(22)23/h3-11,18H,12H2,1-2H3,(H,22,23). The average Bonchev–Trinajstić information content (AvgIpc) is 3.03. The number of methoxy groups -OCH3 is 1. The van der Waals surface area contributed by atoms with Gasteiger partial charge in [-0.05, 0) is 36.8 Å². The zero-order valence-electron chi connectivity index (χ0n) is 14.5. The van der Waals surface area contributed by atoms with Crippen molar-refractivity contribution in [3.63, 3.8) is 0 Å². The molecule has 1 heterocycles. The van der Waals surface area contributed by atoms with Gasteiger partial charge in [-0.25, -0.2) is 9.78 Å². The number of carboxylic acids is 1. The quantitative estimate of drug-likeness (QED) is 0.691. The number of carboxylic acid groups (broad SMARTS) is 1. The number of aliphatic carboxylic acids is 1. The lowest BCUT2D eigenvalue weighted by Gasteiger charge is -2.11. The Morgan fingerprint density at radius 2 is 1.85 bits per heavy atom. The van der Waals surface area contributed by atoms with Crippen LogP contribution in [0.2, 0.25) is 0 Å². The molecule has 6 nitrogen and oxygen atoms in total. The van der Waals surface area contributed by atoms with E-state index < -0.39 is 12.1 Å². The third-order valence-electron chi connectivity index (χ3n) is 3.93. The van der Waals surface area contributed by atoms with Crippen LogP contribution in [-0.4, -0.2) is 23.2 Å². The average molecular weight is 353 g/mol. The van der Waals surface area contributed by atoms with Crippen molar-refractivity contribution in [1.29, 1.82) is 0 Å². The molecule has 0 aliphatic heterocycles. The second-order valence-corrected chi connectivity index (χ2v) is 5.70. The molecular formula is C20H19NO5. The summed E-state index contributed by atoms with van der Waals surface area (Å²) < 4.78 is 16.4. The van der Waals surface area contributed by atoms with Crippen molar-refractivity contribution in [2.24, 2.45) is 0 Å². The minimum Gasteiger partial charge on any atom is -0.487 e. The Hall–Kier alpha value is -3.12. The number of benzene rings is 2. The summed E-state index contributed by atoms with van der Waals surface area (Å²) in [5, 5.41) is 9.10. The zero-order valence-corrected chi connectivity index (χ0v) is 14.5. The summed E-state index contributed by atoms with van der Waals surface area (Å²) in [5.74, 6) is 0.831. The highest BCUT2D eigenvalue weighted by Crippen LogP contribution is 2.24. The molecule has 1 atom stereocenters. The molecule has 0 amide bonds. The molecule has 0 aliphatic carbocycles. The third-order valence-corrected chi connectivity index (χ3v) is 3.93. The largest absolute Gasteiger partial charge is 0.487 e. The smallest absolute Gasteiger partial charge is 0.337 e. The molecule has 1 N–H and O–H groups in total. The number of nitrogens with zero attached hydrogens (tertiary/aromatic N) is 1. The Morgan fingerprint density at radius 3 is 2.46 bits per heavy atom. The summed E-state index contributed by atoms with van der Waals surface area (Å²) in [7, 11) is 1.36. The van der Waals surface area contributed by atoms with E-state index in [2.05, 4.69) is 4.98 Å². The van der Waals surface area contributed by atoms with Crippen molar-refractivity contribution in [3.8, 4) is 17.2 Å². The van der Waals surface area contributed by atoms with E-state index in [-0.39, 0.29) is 6.61 Å². The van der Waals surface area contributed by atoms with Crippen LogP contribution in [0.5, 0.6) is 5.75 Å². The predicted molar refractivity (Wildman–Crippen MR) is 94.8 cm³/mol. The molecule has 0 saturated heterocycles. The number of aryl methyl sites for hydroxylation is 1. The Kier molecular flexibility index (Phi) is 5.34. The Morgan fingerprint density at radius 1 is 1.15 bits per heavy atom. The summed E-state index contributed by atoms with van der Waals surface area (Å²) in [6, 6.07) is 16.4. The highest BCUT2D eigenvalue weighted by molar-refractivity contribution is 5.74. The van der Waals surface area contributed by atoms with Crippen LogP contribution >= 0.6 is 0 Å². The van der Waals surface area contributed by atoms with E-state index in [1.165, 1.54) is 7.11 Å². The zero-order chi connectivity index (χ0) is 18.5. The molecule has 1 unspecified atom stereocenters. The van der Waals surface area contributed by atoms with Gasteiger partial charge in [-0.3, -0.25) is 0 Å². The SMILES string of the molecule is COC(C(=O)O)c1ccc(OCc2nc(-c3ccccc3)oc2C)cc1. The minimum absolute atomic E-state index is 0.258. The van der Waals surface area contributed by atoms with Crippen LogP contribution in [-0.2, 0) is 16.1 Å². The van der Waals surface area contributed by atoms with E-state index in [1.54, 1.807) is 24.3 Å². The van der Waals surface area contributed by atoms with Gasteiger partial charge in [0.05, 0.1) is 0 Å². The molecule has 2 aromatic carbocycles. The molecule has 6 heteroatoms. The van der Waals surface area contributed by atoms with E-state index >= 15 is 0 Å². The summed E-state index contributed by atoms with van der Waals surface area (Å²) in [6.07, 6.45) is -0.990. The first-order chi connectivity index (χ1) is 12.6. The lowest BCUT2D eigenvalue weighted by Crippen LogP contribution is -2.13. The van der Waals surface area contributed by atoms with Crippen molar-refractivity contribution in [1.82, 2.24) is 4.98 Å². The fourth-order valence-corrected chi connectivity index (χ4v) is 2.54. The molecule has 0 spiro atoms. The van der Waals surface area contributed by atoms with Crippen LogP contribution in [0.3, 0.4) is 0 Å². The molecular weight excluding hydrogens is 334 g/mol. The molecule has 0 bridgehead atoms. The maximum absolute atomic E-state index is 11.1. The number of hydrogen-bond donors (Lipinski definition) is 1. The number of rotatable bonds is 7. The normalized spacial score (nSPS) is 11.9. The Bertz CT molecular complexity index is 871. The van der Waals surface area contributed by atoms with Crippen LogP contribution in [0.15, 0.2) is 59.0 Å². The van der Waals surface area contributed by atoms with Crippen molar-refractivity contribution in [2.75, 3.05) is 7.11 Å². The first-order valence-corrected chi connectivity index (χ1v) is 8.08. The van der Waals surface area contributed by atoms with Gasteiger partial charge < -0.3 is 19.0 Å². The van der Waals surface area contributed by atoms with Gasteiger partial charge in [0.2, 0.25) is 5.89 Å². The lowest BCUT2D eigenvalue weighted by atomic mass is 10.1.